The van der Waals surface area contributed by atoms with E-state index in [-0.39, 0.29) is 24.0 Å². The van der Waals surface area contributed by atoms with Crippen molar-refractivity contribution < 1.29 is 18.7 Å². The van der Waals surface area contributed by atoms with Crippen molar-refractivity contribution in [1.29, 1.82) is 0 Å². The van der Waals surface area contributed by atoms with E-state index in [9.17, 15) is 14.0 Å². The number of esters is 1. The SMILES string of the molecule is COC(=O)CNC(=O)CSc1nnc(-c2ccc(F)cc2)c2ccccc12. The molecule has 1 aromatic heterocycles. The van der Waals surface area contributed by atoms with Crippen LogP contribution in [0.2, 0.25) is 0 Å². The smallest absolute Gasteiger partial charge is 0.325 e. The zero-order valence-electron chi connectivity index (χ0n) is 14.4. The van der Waals surface area contributed by atoms with E-state index in [1.54, 1.807) is 12.1 Å². The Morgan fingerprint density at radius 3 is 2.48 bits per heavy atom. The Morgan fingerprint density at radius 2 is 1.78 bits per heavy atom. The highest BCUT2D eigenvalue weighted by Crippen LogP contribution is 2.31. The molecule has 0 bridgehead atoms. The van der Waals surface area contributed by atoms with Crippen molar-refractivity contribution in [3.63, 3.8) is 0 Å². The number of benzene rings is 2. The summed E-state index contributed by atoms with van der Waals surface area (Å²) in [5.41, 5.74) is 1.40. The maximum Gasteiger partial charge on any atom is 0.325 e. The summed E-state index contributed by atoms with van der Waals surface area (Å²) in [6, 6.07) is 13.6. The predicted octanol–water partition coefficient (Wildman–Crippen LogP) is 2.82. The molecule has 1 heterocycles. The normalized spacial score (nSPS) is 10.6. The maximum absolute atomic E-state index is 13.2. The lowest BCUT2D eigenvalue weighted by Gasteiger charge is -2.09. The first-order valence-corrected chi connectivity index (χ1v) is 9.04. The third-order valence-electron chi connectivity index (χ3n) is 3.77. The maximum atomic E-state index is 13.2. The first kappa shape index (κ1) is 18.8. The van der Waals surface area contributed by atoms with Crippen LogP contribution in [0.25, 0.3) is 22.0 Å². The van der Waals surface area contributed by atoms with Gasteiger partial charge in [0, 0.05) is 16.3 Å². The quantitative estimate of drug-likeness (QED) is 0.519. The van der Waals surface area contributed by atoms with Gasteiger partial charge in [-0.3, -0.25) is 9.59 Å². The average molecular weight is 385 g/mol. The summed E-state index contributed by atoms with van der Waals surface area (Å²) in [5, 5.41) is 13.3. The number of nitrogens with zero attached hydrogens (tertiary/aromatic N) is 2. The Morgan fingerprint density at radius 1 is 1.07 bits per heavy atom. The Bertz CT molecular complexity index is 980. The van der Waals surface area contributed by atoms with E-state index in [2.05, 4.69) is 20.3 Å². The number of ether oxygens (including phenoxy) is 1. The fourth-order valence-corrected chi connectivity index (χ4v) is 3.24. The molecule has 0 fully saturated rings. The minimum atomic E-state index is -0.512. The number of aromatic nitrogens is 2. The third kappa shape index (κ3) is 4.59. The van der Waals surface area contributed by atoms with Gasteiger partial charge in [-0.25, -0.2) is 4.39 Å². The molecule has 0 aliphatic rings. The first-order chi connectivity index (χ1) is 13.1. The van der Waals surface area contributed by atoms with Gasteiger partial charge in [-0.2, -0.15) is 0 Å². The minimum absolute atomic E-state index is 0.0889. The second kappa shape index (κ2) is 8.59. The van der Waals surface area contributed by atoms with Gasteiger partial charge in [0.15, 0.2) is 0 Å². The topological polar surface area (TPSA) is 81.2 Å². The Labute approximate surface area is 159 Å². The Kier molecular flexibility index (Phi) is 5.97. The number of halogens is 1. The number of methoxy groups -OCH3 is 1. The molecule has 2 aromatic carbocycles. The average Bonchev–Trinajstić information content (AvgIpc) is 2.70. The Balaban J connectivity index is 1.82. The van der Waals surface area contributed by atoms with E-state index < -0.39 is 5.97 Å². The van der Waals surface area contributed by atoms with Gasteiger partial charge >= 0.3 is 5.97 Å². The van der Waals surface area contributed by atoms with Crippen LogP contribution in [0.5, 0.6) is 0 Å². The molecule has 138 valence electrons. The van der Waals surface area contributed by atoms with Crippen LogP contribution in [0.15, 0.2) is 53.6 Å². The summed E-state index contributed by atoms with van der Waals surface area (Å²) in [7, 11) is 1.26. The summed E-state index contributed by atoms with van der Waals surface area (Å²) in [5.74, 6) is -1.05. The van der Waals surface area contributed by atoms with Crippen LogP contribution in [0.1, 0.15) is 0 Å². The number of nitrogens with one attached hydrogen (secondary N) is 1. The van der Waals surface area contributed by atoms with Gasteiger partial charge in [0.05, 0.1) is 12.9 Å². The number of carbonyl (C=O) groups is 2. The summed E-state index contributed by atoms with van der Waals surface area (Å²) >= 11 is 1.23. The van der Waals surface area contributed by atoms with Crippen LogP contribution < -0.4 is 5.32 Å². The van der Waals surface area contributed by atoms with Gasteiger partial charge in [-0.15, -0.1) is 10.2 Å². The number of hydrogen-bond donors (Lipinski definition) is 1. The van der Waals surface area contributed by atoms with Crippen LogP contribution in [0, 0.1) is 5.82 Å². The van der Waals surface area contributed by atoms with Crippen molar-refractivity contribution in [3.05, 3.63) is 54.3 Å². The number of carbonyl (C=O) groups excluding carboxylic acids is 2. The molecule has 0 unspecified atom stereocenters. The van der Waals surface area contributed by atoms with Crippen molar-refractivity contribution >= 4 is 34.4 Å². The highest BCUT2D eigenvalue weighted by atomic mass is 32.2. The van der Waals surface area contributed by atoms with Crippen LogP contribution in [0.3, 0.4) is 0 Å². The summed E-state index contributed by atoms with van der Waals surface area (Å²) in [4.78, 5) is 22.9. The van der Waals surface area contributed by atoms with E-state index in [4.69, 9.17) is 0 Å². The predicted molar refractivity (Wildman–Crippen MR) is 101 cm³/mol. The first-order valence-electron chi connectivity index (χ1n) is 8.06. The molecule has 3 rings (SSSR count). The molecular weight excluding hydrogens is 369 g/mol. The van der Waals surface area contributed by atoms with Crippen molar-refractivity contribution in [2.24, 2.45) is 0 Å². The molecule has 8 heteroatoms. The van der Waals surface area contributed by atoms with Gasteiger partial charge in [0.25, 0.3) is 0 Å². The van der Waals surface area contributed by atoms with Crippen LogP contribution in [-0.4, -0.2) is 41.5 Å². The highest BCUT2D eigenvalue weighted by molar-refractivity contribution is 8.00. The lowest BCUT2D eigenvalue weighted by molar-refractivity contribution is -0.140. The second-order valence-electron chi connectivity index (χ2n) is 5.55. The van der Waals surface area contributed by atoms with E-state index >= 15 is 0 Å². The van der Waals surface area contributed by atoms with Gasteiger partial charge < -0.3 is 10.1 Å². The van der Waals surface area contributed by atoms with E-state index in [1.807, 2.05) is 24.3 Å². The van der Waals surface area contributed by atoms with E-state index in [1.165, 1.54) is 31.0 Å². The minimum Gasteiger partial charge on any atom is -0.468 e. The summed E-state index contributed by atoms with van der Waals surface area (Å²) in [6.07, 6.45) is 0. The number of thioether (sulfide) groups is 1. The van der Waals surface area contributed by atoms with Crippen molar-refractivity contribution in [1.82, 2.24) is 15.5 Å². The molecule has 1 amide bonds. The van der Waals surface area contributed by atoms with Gasteiger partial charge in [0.2, 0.25) is 5.91 Å². The summed E-state index contributed by atoms with van der Waals surface area (Å²) in [6.45, 7) is -0.175. The molecule has 6 nitrogen and oxygen atoms in total. The van der Waals surface area contributed by atoms with Crippen molar-refractivity contribution in [2.45, 2.75) is 5.03 Å². The lowest BCUT2D eigenvalue weighted by atomic mass is 10.1. The number of fused-ring (bicyclic) bond motifs is 1. The molecule has 0 saturated carbocycles. The molecule has 0 aliphatic heterocycles. The molecule has 27 heavy (non-hydrogen) atoms. The molecule has 0 aliphatic carbocycles. The van der Waals surface area contributed by atoms with Crippen LogP contribution in [0.4, 0.5) is 4.39 Å². The fourth-order valence-electron chi connectivity index (χ4n) is 2.43. The molecule has 3 aromatic rings. The monoisotopic (exact) mass is 385 g/mol. The zero-order valence-corrected chi connectivity index (χ0v) is 15.3. The third-order valence-corrected chi connectivity index (χ3v) is 4.75. The molecule has 0 saturated heterocycles. The van der Waals surface area contributed by atoms with Gasteiger partial charge in [-0.05, 0) is 24.3 Å². The Hall–Kier alpha value is -3.00. The molecule has 0 spiro atoms. The number of hydrogen-bond acceptors (Lipinski definition) is 6. The molecular formula is C19H16FN3O3S. The number of amides is 1. The van der Waals surface area contributed by atoms with E-state index in [0.29, 0.717) is 10.7 Å². The number of rotatable bonds is 6. The van der Waals surface area contributed by atoms with Crippen molar-refractivity contribution in [2.75, 3.05) is 19.4 Å². The summed E-state index contributed by atoms with van der Waals surface area (Å²) < 4.78 is 17.7. The second-order valence-corrected chi connectivity index (χ2v) is 6.51. The largest absolute Gasteiger partial charge is 0.468 e. The van der Waals surface area contributed by atoms with Crippen LogP contribution in [-0.2, 0) is 14.3 Å². The van der Waals surface area contributed by atoms with Gasteiger partial charge in [-0.1, -0.05) is 36.0 Å². The molecule has 0 atom stereocenters. The van der Waals surface area contributed by atoms with Gasteiger partial charge in [0.1, 0.15) is 23.1 Å². The van der Waals surface area contributed by atoms with Crippen LogP contribution >= 0.6 is 11.8 Å². The molecule has 0 radical (unpaired) electrons. The van der Waals surface area contributed by atoms with Crippen molar-refractivity contribution in [3.8, 4) is 11.3 Å². The lowest BCUT2D eigenvalue weighted by Crippen LogP contribution is -2.31. The standard InChI is InChI=1S/C19H16FN3O3S/c1-26-17(25)10-21-16(24)11-27-19-15-5-3-2-4-14(15)18(22-23-19)12-6-8-13(20)9-7-12/h2-9H,10-11H2,1H3,(H,21,24). The highest BCUT2D eigenvalue weighted by Gasteiger charge is 2.13. The molecule has 1 N–H and O–H groups in total. The van der Waals surface area contributed by atoms with E-state index in [0.717, 1.165) is 16.3 Å². The zero-order chi connectivity index (χ0) is 19.2. The fraction of sp³-hybridized carbons (Fsp3) is 0.158.